The van der Waals surface area contributed by atoms with Crippen molar-refractivity contribution in [3.63, 3.8) is 0 Å². The number of carbonyl (C=O) groups is 1. The van der Waals surface area contributed by atoms with Gasteiger partial charge in [0.25, 0.3) is 5.91 Å². The number of carbonyl (C=O) groups excluding carboxylic acids is 1. The zero-order valence-electron chi connectivity index (χ0n) is 17.9. The van der Waals surface area contributed by atoms with Gasteiger partial charge in [-0.25, -0.2) is 13.5 Å². The van der Waals surface area contributed by atoms with Gasteiger partial charge in [0, 0.05) is 18.9 Å². The van der Waals surface area contributed by atoms with E-state index in [4.69, 9.17) is 0 Å². The van der Waals surface area contributed by atoms with Crippen molar-refractivity contribution in [1.82, 2.24) is 20.0 Å². The van der Waals surface area contributed by atoms with Gasteiger partial charge in [-0.05, 0) is 67.5 Å². The molecule has 164 valence electrons. The minimum atomic E-state index is -1.40. The zero-order valence-corrected chi connectivity index (χ0v) is 17.9. The SMILES string of the molecule is CCN(CC)CCCNC(=O)C(c1ccc(F)cc1)(c1ccc(F)cc1)n1cccn1. The van der Waals surface area contributed by atoms with Gasteiger partial charge in [0.15, 0.2) is 5.54 Å². The van der Waals surface area contributed by atoms with Crippen LogP contribution < -0.4 is 5.32 Å². The zero-order chi connectivity index (χ0) is 22.3. The molecule has 31 heavy (non-hydrogen) atoms. The van der Waals surface area contributed by atoms with Crippen LogP contribution in [0.1, 0.15) is 31.4 Å². The minimum Gasteiger partial charge on any atom is -0.353 e. The van der Waals surface area contributed by atoms with Crippen molar-refractivity contribution in [2.24, 2.45) is 0 Å². The minimum absolute atomic E-state index is 0.311. The molecule has 3 aromatic rings. The van der Waals surface area contributed by atoms with E-state index in [-0.39, 0.29) is 5.91 Å². The Morgan fingerprint density at radius 1 is 1.00 bits per heavy atom. The standard InChI is InChI=1S/C24H28F2N4O/c1-3-29(4-2)17-5-15-27-23(31)24(30-18-6-16-28-30,19-7-11-21(25)12-8-19)20-9-13-22(26)14-10-20/h6-14,16,18H,3-5,15,17H2,1-2H3,(H,27,31). The highest BCUT2D eigenvalue weighted by molar-refractivity contribution is 5.92. The Balaban J connectivity index is 2.01. The van der Waals surface area contributed by atoms with Crippen molar-refractivity contribution in [3.8, 4) is 0 Å². The number of rotatable bonds is 10. The Kier molecular flexibility index (Phi) is 7.52. The van der Waals surface area contributed by atoms with Gasteiger partial charge in [-0.2, -0.15) is 5.10 Å². The van der Waals surface area contributed by atoms with E-state index < -0.39 is 17.2 Å². The van der Waals surface area contributed by atoms with Crippen molar-refractivity contribution in [2.45, 2.75) is 25.8 Å². The van der Waals surface area contributed by atoms with Crippen LogP contribution in [0, 0.1) is 11.6 Å². The van der Waals surface area contributed by atoms with Gasteiger partial charge in [0.2, 0.25) is 0 Å². The number of nitrogens with one attached hydrogen (secondary N) is 1. The summed E-state index contributed by atoms with van der Waals surface area (Å²) in [6, 6.07) is 13.2. The first-order valence-electron chi connectivity index (χ1n) is 10.5. The van der Waals surface area contributed by atoms with Crippen LogP contribution in [-0.4, -0.2) is 46.8 Å². The number of benzene rings is 2. The molecule has 5 nitrogen and oxygen atoms in total. The fraction of sp³-hybridized carbons (Fsp3) is 0.333. The lowest BCUT2D eigenvalue weighted by Crippen LogP contribution is -2.51. The third-order valence-corrected chi connectivity index (χ3v) is 5.53. The van der Waals surface area contributed by atoms with Crippen molar-refractivity contribution >= 4 is 5.91 Å². The van der Waals surface area contributed by atoms with Gasteiger partial charge < -0.3 is 10.2 Å². The highest BCUT2D eigenvalue weighted by Crippen LogP contribution is 2.34. The predicted octanol–water partition coefficient (Wildman–Crippen LogP) is 3.80. The molecule has 0 unspecified atom stereocenters. The van der Waals surface area contributed by atoms with Gasteiger partial charge >= 0.3 is 0 Å². The molecule has 1 aromatic heterocycles. The van der Waals surface area contributed by atoms with E-state index in [0.29, 0.717) is 17.7 Å². The Hall–Kier alpha value is -3.06. The molecule has 0 bridgehead atoms. The highest BCUT2D eigenvalue weighted by Gasteiger charge is 2.44. The molecule has 3 rings (SSSR count). The van der Waals surface area contributed by atoms with Gasteiger partial charge in [-0.15, -0.1) is 0 Å². The van der Waals surface area contributed by atoms with Crippen molar-refractivity contribution in [3.05, 3.63) is 89.8 Å². The highest BCUT2D eigenvalue weighted by atomic mass is 19.1. The number of amides is 1. The molecule has 0 aliphatic carbocycles. The van der Waals surface area contributed by atoms with E-state index in [1.165, 1.54) is 28.9 Å². The fourth-order valence-corrected chi connectivity index (χ4v) is 3.82. The predicted molar refractivity (Wildman–Crippen MR) is 117 cm³/mol. The van der Waals surface area contributed by atoms with Crippen LogP contribution in [0.5, 0.6) is 0 Å². The molecule has 0 fully saturated rings. The molecule has 0 radical (unpaired) electrons. The van der Waals surface area contributed by atoms with Crippen LogP contribution in [-0.2, 0) is 10.3 Å². The summed E-state index contributed by atoms with van der Waals surface area (Å²) < 4.78 is 28.9. The third kappa shape index (κ3) is 4.82. The lowest BCUT2D eigenvalue weighted by atomic mass is 9.81. The number of hydrogen-bond donors (Lipinski definition) is 1. The van der Waals surface area contributed by atoms with Crippen LogP contribution in [0.3, 0.4) is 0 Å². The van der Waals surface area contributed by atoms with Gasteiger partial charge in [0.1, 0.15) is 11.6 Å². The average molecular weight is 427 g/mol. The van der Waals surface area contributed by atoms with Gasteiger partial charge in [-0.1, -0.05) is 38.1 Å². The summed E-state index contributed by atoms with van der Waals surface area (Å²) in [4.78, 5) is 16.0. The van der Waals surface area contributed by atoms with Gasteiger partial charge in [-0.3, -0.25) is 4.79 Å². The van der Waals surface area contributed by atoms with E-state index in [2.05, 4.69) is 29.2 Å². The van der Waals surface area contributed by atoms with E-state index in [1.54, 1.807) is 42.7 Å². The molecular formula is C24H28F2N4O. The van der Waals surface area contributed by atoms with E-state index in [1.807, 2.05) is 0 Å². The Labute approximate surface area is 181 Å². The summed E-state index contributed by atoms with van der Waals surface area (Å²) in [5.41, 5.74) is -0.337. The van der Waals surface area contributed by atoms with Crippen molar-refractivity contribution in [2.75, 3.05) is 26.2 Å². The molecule has 2 aromatic carbocycles. The largest absolute Gasteiger partial charge is 0.353 e. The second-order valence-electron chi connectivity index (χ2n) is 7.31. The second kappa shape index (κ2) is 10.3. The second-order valence-corrected chi connectivity index (χ2v) is 7.31. The molecule has 0 spiro atoms. The molecule has 1 N–H and O–H groups in total. The van der Waals surface area contributed by atoms with Crippen LogP contribution in [0.15, 0.2) is 67.0 Å². The van der Waals surface area contributed by atoms with Gasteiger partial charge in [0.05, 0.1) is 0 Å². The lowest BCUT2D eigenvalue weighted by molar-refractivity contribution is -0.126. The van der Waals surface area contributed by atoms with Crippen LogP contribution in [0.4, 0.5) is 8.78 Å². The Morgan fingerprint density at radius 3 is 2.00 bits per heavy atom. The summed E-state index contributed by atoms with van der Waals surface area (Å²) in [5.74, 6) is -1.12. The molecular weight excluding hydrogens is 398 g/mol. The summed E-state index contributed by atoms with van der Waals surface area (Å²) >= 11 is 0. The molecule has 0 aliphatic heterocycles. The first-order chi connectivity index (χ1) is 15.0. The monoisotopic (exact) mass is 426 g/mol. The normalized spacial score (nSPS) is 11.6. The summed E-state index contributed by atoms with van der Waals surface area (Å²) in [5, 5.41) is 7.38. The molecule has 1 amide bonds. The summed E-state index contributed by atoms with van der Waals surface area (Å²) in [7, 11) is 0. The molecule has 1 heterocycles. The maximum atomic E-state index is 13.7. The molecule has 0 saturated heterocycles. The van der Waals surface area contributed by atoms with E-state index in [0.717, 1.165) is 26.1 Å². The van der Waals surface area contributed by atoms with Crippen molar-refractivity contribution < 1.29 is 13.6 Å². The summed E-state index contributed by atoms with van der Waals surface area (Å²) in [6.07, 6.45) is 4.05. The first-order valence-corrected chi connectivity index (χ1v) is 10.5. The molecule has 0 aliphatic rings. The topological polar surface area (TPSA) is 50.2 Å². The fourth-order valence-electron chi connectivity index (χ4n) is 3.82. The average Bonchev–Trinajstić information content (AvgIpc) is 3.32. The first kappa shape index (κ1) is 22.6. The quantitative estimate of drug-likeness (QED) is 0.502. The maximum Gasteiger partial charge on any atom is 0.257 e. The molecule has 7 heteroatoms. The third-order valence-electron chi connectivity index (χ3n) is 5.53. The molecule has 0 atom stereocenters. The van der Waals surface area contributed by atoms with Crippen LogP contribution >= 0.6 is 0 Å². The number of nitrogens with zero attached hydrogens (tertiary/aromatic N) is 3. The number of hydrogen-bond acceptors (Lipinski definition) is 3. The number of aromatic nitrogens is 2. The summed E-state index contributed by atoms with van der Waals surface area (Å²) in [6.45, 7) is 7.46. The number of halogens is 2. The smallest absolute Gasteiger partial charge is 0.257 e. The van der Waals surface area contributed by atoms with Crippen LogP contribution in [0.2, 0.25) is 0 Å². The van der Waals surface area contributed by atoms with Crippen LogP contribution in [0.25, 0.3) is 0 Å². The Morgan fingerprint density at radius 2 is 1.55 bits per heavy atom. The van der Waals surface area contributed by atoms with E-state index >= 15 is 0 Å². The Bertz CT molecular complexity index is 907. The van der Waals surface area contributed by atoms with E-state index in [9.17, 15) is 13.6 Å². The lowest BCUT2D eigenvalue weighted by Gasteiger charge is -2.34. The van der Waals surface area contributed by atoms with Crippen molar-refractivity contribution in [1.29, 1.82) is 0 Å². The molecule has 0 saturated carbocycles. The maximum absolute atomic E-state index is 13.7.